The minimum Gasteiger partial charge on any atom is -0.324 e. The van der Waals surface area contributed by atoms with Crippen LogP contribution in [0.25, 0.3) is 0 Å². The molecule has 0 aliphatic carbocycles. The minimum atomic E-state index is 0.502. The third kappa shape index (κ3) is 3.55. The first-order valence-electron chi connectivity index (χ1n) is 7.42. The van der Waals surface area contributed by atoms with Gasteiger partial charge in [-0.3, -0.25) is 4.98 Å². The van der Waals surface area contributed by atoms with Crippen LogP contribution in [-0.4, -0.2) is 40.0 Å². The average Bonchev–Trinajstić information content (AvgIpc) is 2.48. The first-order chi connectivity index (χ1) is 10.2. The summed E-state index contributed by atoms with van der Waals surface area (Å²) in [4.78, 5) is 15.8. The van der Waals surface area contributed by atoms with E-state index in [-0.39, 0.29) is 0 Å². The first kappa shape index (κ1) is 13.9. The van der Waals surface area contributed by atoms with Gasteiger partial charge in [0.25, 0.3) is 0 Å². The van der Waals surface area contributed by atoms with Crippen molar-refractivity contribution >= 4 is 11.6 Å². The van der Waals surface area contributed by atoms with Crippen molar-refractivity contribution in [3.63, 3.8) is 0 Å². The summed E-state index contributed by atoms with van der Waals surface area (Å²) in [6, 6.07) is 5.88. The largest absolute Gasteiger partial charge is 0.324 e. The number of aryl methyl sites for hydroxylation is 1. The Morgan fingerprint density at radius 2 is 2.10 bits per heavy atom. The van der Waals surface area contributed by atoms with Gasteiger partial charge in [-0.2, -0.15) is 0 Å². The van der Waals surface area contributed by atoms with Crippen LogP contribution < -0.4 is 5.32 Å². The monoisotopic (exact) mass is 283 g/mol. The summed E-state index contributed by atoms with van der Waals surface area (Å²) >= 11 is 0. The van der Waals surface area contributed by atoms with Gasteiger partial charge in [0.15, 0.2) is 0 Å². The molecular formula is C16H21N5. The molecule has 21 heavy (non-hydrogen) atoms. The van der Waals surface area contributed by atoms with Gasteiger partial charge in [0.1, 0.15) is 11.6 Å². The third-order valence-corrected chi connectivity index (χ3v) is 3.86. The number of rotatable bonds is 3. The lowest BCUT2D eigenvalue weighted by atomic mass is 9.95. The molecule has 3 rings (SSSR count). The number of nitrogens with zero attached hydrogens (tertiary/aromatic N) is 4. The van der Waals surface area contributed by atoms with Crippen LogP contribution in [0.15, 0.2) is 30.6 Å². The van der Waals surface area contributed by atoms with Gasteiger partial charge in [0.05, 0.1) is 18.1 Å². The van der Waals surface area contributed by atoms with E-state index < -0.39 is 0 Å². The van der Waals surface area contributed by atoms with E-state index in [0.29, 0.717) is 5.92 Å². The highest BCUT2D eigenvalue weighted by atomic mass is 15.1. The van der Waals surface area contributed by atoms with Crippen molar-refractivity contribution in [3.8, 4) is 0 Å². The Balaban J connectivity index is 1.69. The van der Waals surface area contributed by atoms with Gasteiger partial charge in [-0.15, -0.1) is 0 Å². The molecule has 1 atom stereocenters. The molecular weight excluding hydrogens is 262 g/mol. The molecule has 0 amide bonds. The van der Waals surface area contributed by atoms with Crippen LogP contribution in [0.1, 0.15) is 30.1 Å². The number of aromatic nitrogens is 3. The van der Waals surface area contributed by atoms with Crippen molar-refractivity contribution in [2.24, 2.45) is 0 Å². The van der Waals surface area contributed by atoms with Crippen molar-refractivity contribution in [1.29, 1.82) is 0 Å². The molecule has 1 aliphatic rings. The zero-order chi connectivity index (χ0) is 14.7. The van der Waals surface area contributed by atoms with Gasteiger partial charge in [0, 0.05) is 18.2 Å². The number of likely N-dealkylation sites (N-methyl/N-ethyl adjacent to an activating group) is 1. The maximum atomic E-state index is 4.58. The summed E-state index contributed by atoms with van der Waals surface area (Å²) < 4.78 is 0. The lowest BCUT2D eigenvalue weighted by Crippen LogP contribution is -2.31. The molecule has 110 valence electrons. The van der Waals surface area contributed by atoms with E-state index in [0.717, 1.165) is 29.6 Å². The summed E-state index contributed by atoms with van der Waals surface area (Å²) in [6.07, 6.45) is 6.12. The van der Waals surface area contributed by atoms with Crippen LogP contribution in [-0.2, 0) is 0 Å². The van der Waals surface area contributed by atoms with E-state index in [1.165, 1.54) is 19.4 Å². The molecule has 1 aliphatic heterocycles. The number of anilines is 2. The van der Waals surface area contributed by atoms with E-state index in [4.69, 9.17) is 0 Å². The van der Waals surface area contributed by atoms with Gasteiger partial charge in [-0.1, -0.05) is 6.07 Å². The van der Waals surface area contributed by atoms with Crippen molar-refractivity contribution in [1.82, 2.24) is 19.9 Å². The van der Waals surface area contributed by atoms with Gasteiger partial charge in [-0.05, 0) is 45.5 Å². The number of hydrogen-bond acceptors (Lipinski definition) is 5. The van der Waals surface area contributed by atoms with Crippen molar-refractivity contribution in [2.45, 2.75) is 25.7 Å². The Bertz CT molecular complexity index is 596. The van der Waals surface area contributed by atoms with Crippen LogP contribution in [0.5, 0.6) is 0 Å². The normalized spacial score (nSPS) is 19.4. The van der Waals surface area contributed by atoms with Gasteiger partial charge in [0.2, 0.25) is 0 Å². The fraction of sp³-hybridized carbons (Fsp3) is 0.438. The van der Waals surface area contributed by atoms with E-state index in [1.54, 1.807) is 6.20 Å². The molecule has 0 aromatic carbocycles. The average molecular weight is 283 g/mol. The Labute approximate surface area is 125 Å². The maximum Gasteiger partial charge on any atom is 0.150 e. The Kier molecular flexibility index (Phi) is 4.10. The summed E-state index contributed by atoms with van der Waals surface area (Å²) in [5.41, 5.74) is 2.07. The maximum absolute atomic E-state index is 4.58. The number of hydrogen-bond donors (Lipinski definition) is 1. The molecule has 1 saturated heterocycles. The lowest BCUT2D eigenvalue weighted by Gasteiger charge is -2.29. The molecule has 1 fully saturated rings. The fourth-order valence-electron chi connectivity index (χ4n) is 2.77. The fourth-order valence-corrected chi connectivity index (χ4v) is 2.77. The van der Waals surface area contributed by atoms with E-state index in [9.17, 15) is 0 Å². The summed E-state index contributed by atoms with van der Waals surface area (Å²) in [5.74, 6) is 2.04. The Hall–Kier alpha value is -2.01. The quantitative estimate of drug-likeness (QED) is 0.938. The SMILES string of the molecule is Cc1cccc(Nc2cnc([C@@H]3CCCN(C)C3)cn2)n1. The van der Waals surface area contributed by atoms with Gasteiger partial charge in [-0.25, -0.2) is 9.97 Å². The summed E-state index contributed by atoms with van der Waals surface area (Å²) in [5, 5.41) is 3.19. The topological polar surface area (TPSA) is 53.9 Å². The lowest BCUT2D eigenvalue weighted by molar-refractivity contribution is 0.248. The molecule has 0 spiro atoms. The second-order valence-electron chi connectivity index (χ2n) is 5.72. The second-order valence-corrected chi connectivity index (χ2v) is 5.72. The Morgan fingerprint density at radius 3 is 2.81 bits per heavy atom. The van der Waals surface area contributed by atoms with Crippen LogP contribution in [0.4, 0.5) is 11.6 Å². The smallest absolute Gasteiger partial charge is 0.150 e. The first-order valence-corrected chi connectivity index (χ1v) is 7.42. The van der Waals surface area contributed by atoms with E-state index >= 15 is 0 Å². The van der Waals surface area contributed by atoms with Gasteiger partial charge >= 0.3 is 0 Å². The third-order valence-electron chi connectivity index (χ3n) is 3.86. The molecule has 5 heteroatoms. The molecule has 5 nitrogen and oxygen atoms in total. The second kappa shape index (κ2) is 6.18. The number of piperidine rings is 1. The number of nitrogens with one attached hydrogen (secondary N) is 1. The predicted molar refractivity (Wildman–Crippen MR) is 83.8 cm³/mol. The summed E-state index contributed by atoms with van der Waals surface area (Å²) in [6.45, 7) is 4.23. The number of likely N-dealkylation sites (tertiary alicyclic amines) is 1. The van der Waals surface area contributed by atoms with Crippen LogP contribution in [0.3, 0.4) is 0 Å². The van der Waals surface area contributed by atoms with E-state index in [2.05, 4.69) is 32.2 Å². The molecule has 2 aromatic rings. The molecule has 0 bridgehead atoms. The van der Waals surface area contributed by atoms with Crippen molar-refractivity contribution < 1.29 is 0 Å². The highest BCUT2D eigenvalue weighted by molar-refractivity contribution is 5.50. The zero-order valence-corrected chi connectivity index (χ0v) is 12.6. The van der Waals surface area contributed by atoms with Crippen LogP contribution >= 0.6 is 0 Å². The van der Waals surface area contributed by atoms with Crippen molar-refractivity contribution in [3.05, 3.63) is 42.0 Å². The molecule has 0 radical (unpaired) electrons. The van der Waals surface area contributed by atoms with Crippen LogP contribution in [0, 0.1) is 6.92 Å². The Morgan fingerprint density at radius 1 is 1.19 bits per heavy atom. The van der Waals surface area contributed by atoms with Gasteiger partial charge < -0.3 is 10.2 Å². The molecule has 3 heterocycles. The predicted octanol–water partition coefficient (Wildman–Crippen LogP) is 2.73. The molecule has 1 N–H and O–H groups in total. The standard InChI is InChI=1S/C16H21N5/c1-12-5-3-7-15(19-12)20-16-10-17-14(9-18-16)13-6-4-8-21(2)11-13/h3,5,7,9-10,13H,4,6,8,11H2,1-2H3,(H,18,19,20)/t13-/m1/s1. The van der Waals surface area contributed by atoms with E-state index in [1.807, 2.05) is 31.3 Å². The van der Waals surface area contributed by atoms with Crippen LogP contribution in [0.2, 0.25) is 0 Å². The molecule has 0 unspecified atom stereocenters. The minimum absolute atomic E-state index is 0.502. The zero-order valence-electron chi connectivity index (χ0n) is 12.6. The highest BCUT2D eigenvalue weighted by Crippen LogP contribution is 2.24. The van der Waals surface area contributed by atoms with Crippen molar-refractivity contribution in [2.75, 3.05) is 25.5 Å². The molecule has 0 saturated carbocycles. The summed E-state index contributed by atoms with van der Waals surface area (Å²) in [7, 11) is 2.17. The highest BCUT2D eigenvalue weighted by Gasteiger charge is 2.20. The number of pyridine rings is 1. The molecule has 2 aromatic heterocycles.